The van der Waals surface area contributed by atoms with E-state index >= 15 is 4.39 Å². The van der Waals surface area contributed by atoms with E-state index in [2.05, 4.69) is 0 Å². The Balaban J connectivity index is 1.59. The van der Waals surface area contributed by atoms with Gasteiger partial charge in [-0.25, -0.2) is 14.0 Å². The summed E-state index contributed by atoms with van der Waals surface area (Å²) in [5.74, 6) is -2.10. The summed E-state index contributed by atoms with van der Waals surface area (Å²) in [4.78, 5) is 40.4. The van der Waals surface area contributed by atoms with Crippen LogP contribution < -0.4 is 10.3 Å². The molecule has 1 aliphatic heterocycles. The highest BCUT2D eigenvalue weighted by molar-refractivity contribution is 7.73. The van der Waals surface area contributed by atoms with Crippen molar-refractivity contribution in [2.75, 3.05) is 59.5 Å². The van der Waals surface area contributed by atoms with Gasteiger partial charge in [-0.15, -0.1) is 0 Å². The Bertz CT molecular complexity index is 1480. The van der Waals surface area contributed by atoms with Crippen molar-refractivity contribution in [3.05, 3.63) is 39.9 Å². The Morgan fingerprint density at radius 1 is 0.976 bits per heavy atom. The maximum Gasteiger partial charge on any atom is 0.411 e. The van der Waals surface area contributed by atoms with Crippen LogP contribution in [0.25, 0.3) is 10.9 Å². The lowest BCUT2D eigenvalue weighted by Gasteiger charge is -2.40. The molecule has 0 spiro atoms. The third-order valence-electron chi connectivity index (χ3n) is 7.41. The van der Waals surface area contributed by atoms with Crippen molar-refractivity contribution in [2.24, 2.45) is 0 Å². The van der Waals surface area contributed by atoms with E-state index in [0.717, 1.165) is 54.3 Å². The normalized spacial score (nSPS) is 16.7. The molecule has 4 rings (SSSR count). The van der Waals surface area contributed by atoms with Crippen LogP contribution in [0.2, 0.25) is 0 Å². The summed E-state index contributed by atoms with van der Waals surface area (Å²) in [6.45, 7) is 1.44. The van der Waals surface area contributed by atoms with Gasteiger partial charge in [-0.2, -0.15) is 0 Å². The standard InChI is InChI=1S/C24H32FN3O11P2/c1-24(40(33,35-2)36-3,41(34,37-4)38-5)39-23(32)27-10-8-26(9-11-27)20-13-19-16(12-18(20)25)21(29)17(22(30)31)14-28(19)15-6-7-15/h12-15H,6-11H2,1-5H3,(H,30,31). The van der Waals surface area contributed by atoms with E-state index in [1.54, 1.807) is 9.47 Å². The highest BCUT2D eigenvalue weighted by Crippen LogP contribution is 2.77. The van der Waals surface area contributed by atoms with Crippen LogP contribution in [0.1, 0.15) is 36.2 Å². The number of benzene rings is 1. The molecular weight excluding hydrogens is 587 g/mol. The van der Waals surface area contributed by atoms with E-state index in [9.17, 15) is 28.6 Å². The molecule has 14 nitrogen and oxygen atoms in total. The van der Waals surface area contributed by atoms with Crippen LogP contribution in [-0.4, -0.2) is 86.3 Å². The topological polar surface area (TPSA) is 163 Å². The molecule has 0 atom stereocenters. The number of hydrogen-bond acceptors (Lipinski definition) is 11. The highest BCUT2D eigenvalue weighted by atomic mass is 31.2. The predicted octanol–water partition coefficient (Wildman–Crippen LogP) is 4.08. The van der Waals surface area contributed by atoms with Gasteiger partial charge in [0.25, 0.3) is 0 Å². The van der Waals surface area contributed by atoms with Gasteiger partial charge in [0.2, 0.25) is 5.43 Å². The number of carbonyl (C=O) groups excluding carboxylic acids is 1. The molecule has 2 aromatic rings. The Kier molecular flexibility index (Phi) is 8.71. The minimum Gasteiger partial charge on any atom is -0.477 e. The molecule has 1 saturated heterocycles. The molecule has 0 unspecified atom stereocenters. The number of ether oxygens (including phenoxy) is 1. The lowest BCUT2D eigenvalue weighted by molar-refractivity contribution is 0.0478. The molecule has 1 amide bonds. The maximum absolute atomic E-state index is 15.3. The number of carbonyl (C=O) groups is 2. The quantitative estimate of drug-likeness (QED) is 0.380. The molecule has 1 aliphatic carbocycles. The predicted molar refractivity (Wildman–Crippen MR) is 145 cm³/mol. The molecule has 0 bridgehead atoms. The molecule has 2 fully saturated rings. The number of amides is 1. The Morgan fingerprint density at radius 2 is 1.51 bits per heavy atom. The fourth-order valence-electron chi connectivity index (χ4n) is 4.86. The smallest absolute Gasteiger partial charge is 0.411 e. The van der Waals surface area contributed by atoms with E-state index in [0.29, 0.717) is 5.52 Å². The molecule has 2 aliphatic rings. The number of hydrogen-bond donors (Lipinski definition) is 1. The first-order valence-electron chi connectivity index (χ1n) is 12.6. The minimum atomic E-state index is -4.38. The Morgan fingerprint density at radius 3 is 1.98 bits per heavy atom. The molecule has 17 heteroatoms. The first-order valence-corrected chi connectivity index (χ1v) is 15.7. The van der Waals surface area contributed by atoms with E-state index in [4.69, 9.17) is 22.8 Å². The molecule has 226 valence electrons. The number of halogens is 1. The van der Waals surface area contributed by atoms with Crippen molar-refractivity contribution < 1.29 is 51.0 Å². The van der Waals surface area contributed by atoms with E-state index in [1.807, 2.05) is 0 Å². The number of piperazine rings is 1. The zero-order chi connectivity index (χ0) is 30.3. The number of anilines is 1. The number of aromatic carboxylic acids is 1. The summed E-state index contributed by atoms with van der Waals surface area (Å²) in [6.07, 6.45) is 1.91. The van der Waals surface area contributed by atoms with Crippen LogP contribution in [0.5, 0.6) is 0 Å². The number of rotatable bonds is 10. The summed E-state index contributed by atoms with van der Waals surface area (Å²) in [7, 11) is -4.62. The van der Waals surface area contributed by atoms with Crippen molar-refractivity contribution in [2.45, 2.75) is 30.9 Å². The number of aromatic nitrogens is 1. The second-order valence-corrected chi connectivity index (χ2v) is 15.1. The van der Waals surface area contributed by atoms with Crippen LogP contribution in [0.15, 0.2) is 23.1 Å². The van der Waals surface area contributed by atoms with Crippen molar-refractivity contribution in [3.8, 4) is 0 Å². The van der Waals surface area contributed by atoms with Gasteiger partial charge < -0.3 is 42.3 Å². The van der Waals surface area contributed by atoms with Crippen molar-refractivity contribution in [1.82, 2.24) is 9.47 Å². The second-order valence-electron chi connectivity index (χ2n) is 9.64. The summed E-state index contributed by atoms with van der Waals surface area (Å²) in [5.41, 5.74) is -0.590. The Hall–Kier alpha value is -2.80. The molecule has 1 saturated carbocycles. The average molecular weight is 619 g/mol. The summed E-state index contributed by atoms with van der Waals surface area (Å²) in [5, 5.41) is 6.97. The van der Waals surface area contributed by atoms with Crippen LogP contribution in [0.3, 0.4) is 0 Å². The first-order chi connectivity index (χ1) is 19.3. The number of carboxylic acids is 1. The molecule has 0 radical (unpaired) electrons. The number of nitrogens with zero attached hydrogens (tertiary/aromatic N) is 3. The third kappa shape index (κ3) is 5.31. The fraction of sp³-hybridized carbons (Fsp3) is 0.542. The van der Waals surface area contributed by atoms with E-state index in [1.165, 1.54) is 17.2 Å². The molecule has 1 aromatic carbocycles. The summed E-state index contributed by atoms with van der Waals surface area (Å²) < 4.78 is 69.0. The van der Waals surface area contributed by atoms with Crippen LogP contribution in [-0.2, 0) is 32.0 Å². The van der Waals surface area contributed by atoms with Crippen LogP contribution >= 0.6 is 15.2 Å². The van der Waals surface area contributed by atoms with Gasteiger partial charge in [-0.1, -0.05) is 0 Å². The Labute approximate surface area is 234 Å². The lowest BCUT2D eigenvalue weighted by Crippen LogP contribution is -2.51. The van der Waals surface area contributed by atoms with Gasteiger partial charge in [0, 0.05) is 72.2 Å². The minimum absolute atomic E-state index is 0.0146. The van der Waals surface area contributed by atoms with Gasteiger partial charge in [-0.05, 0) is 31.9 Å². The number of pyridine rings is 1. The maximum atomic E-state index is 15.3. The zero-order valence-corrected chi connectivity index (χ0v) is 25.0. The first kappa shape index (κ1) is 31.1. The summed E-state index contributed by atoms with van der Waals surface area (Å²) >= 11 is 0. The van der Waals surface area contributed by atoms with E-state index < -0.39 is 49.1 Å². The van der Waals surface area contributed by atoms with Crippen molar-refractivity contribution in [1.29, 1.82) is 0 Å². The largest absolute Gasteiger partial charge is 0.477 e. The van der Waals surface area contributed by atoms with Gasteiger partial charge in [-0.3, -0.25) is 13.9 Å². The fourth-order valence-corrected chi connectivity index (χ4v) is 9.07. The monoisotopic (exact) mass is 619 g/mol. The van der Waals surface area contributed by atoms with Crippen LogP contribution in [0, 0.1) is 5.82 Å². The highest BCUT2D eigenvalue weighted by Gasteiger charge is 2.65. The SMILES string of the molecule is COP(=O)(OC)C(C)(OC(=O)N1CCN(c2cc3c(cc2F)c(=O)c(C(=O)O)cn3C2CC2)CC1)P(=O)(OC)OC. The van der Waals surface area contributed by atoms with Crippen molar-refractivity contribution >= 4 is 43.8 Å². The summed E-state index contributed by atoms with van der Waals surface area (Å²) in [6, 6.07) is 2.58. The number of carboxylic acid groups (broad SMARTS) is 1. The molecule has 41 heavy (non-hydrogen) atoms. The molecule has 1 N–H and O–H groups in total. The third-order valence-corrected chi connectivity index (χ3v) is 13.0. The lowest BCUT2D eigenvalue weighted by atomic mass is 10.1. The van der Waals surface area contributed by atoms with E-state index in [-0.39, 0.29) is 43.3 Å². The molecule has 1 aromatic heterocycles. The van der Waals surface area contributed by atoms with Gasteiger partial charge in [0.15, 0.2) is 0 Å². The molecular formula is C24H32FN3O11P2. The second kappa shape index (κ2) is 11.5. The zero-order valence-electron chi connectivity index (χ0n) is 23.2. The molecule has 2 heterocycles. The van der Waals surface area contributed by atoms with Gasteiger partial charge in [0.05, 0.1) is 11.2 Å². The van der Waals surface area contributed by atoms with Gasteiger partial charge >= 0.3 is 32.3 Å². The average Bonchev–Trinajstić information content (AvgIpc) is 3.81. The van der Waals surface area contributed by atoms with Gasteiger partial charge in [0.1, 0.15) is 11.4 Å². The number of fused-ring (bicyclic) bond motifs is 1. The van der Waals surface area contributed by atoms with Crippen molar-refractivity contribution in [3.63, 3.8) is 0 Å². The van der Waals surface area contributed by atoms with Crippen LogP contribution in [0.4, 0.5) is 14.9 Å².